The van der Waals surface area contributed by atoms with E-state index in [0.29, 0.717) is 0 Å². The molecule has 0 aromatic heterocycles. The molecular formula is C10H8Cl2O3. The van der Waals surface area contributed by atoms with Crippen molar-refractivity contribution in [3.63, 3.8) is 0 Å². The van der Waals surface area contributed by atoms with E-state index >= 15 is 0 Å². The first-order valence-corrected chi connectivity index (χ1v) is 4.81. The molecule has 80 valence electrons. The molecule has 0 fully saturated rings. The average Bonchev–Trinajstić information content (AvgIpc) is 2.15. The van der Waals surface area contributed by atoms with Gasteiger partial charge in [-0.2, -0.15) is 0 Å². The third-order valence-corrected chi connectivity index (χ3v) is 2.28. The Morgan fingerprint density at radius 3 is 2.33 bits per heavy atom. The molecule has 0 atom stereocenters. The summed E-state index contributed by atoms with van der Waals surface area (Å²) < 4.78 is 4.94. The van der Waals surface area contributed by atoms with Crippen LogP contribution in [-0.4, -0.2) is 18.7 Å². The number of methoxy groups -OCH3 is 1. The smallest absolute Gasteiger partial charge is 0.232 e. The average molecular weight is 247 g/mol. The van der Waals surface area contributed by atoms with Gasteiger partial charge in [0.1, 0.15) is 5.75 Å². The first-order chi connectivity index (χ1) is 6.97. The molecule has 3 nitrogen and oxygen atoms in total. The van der Waals surface area contributed by atoms with E-state index in [2.05, 4.69) is 0 Å². The van der Waals surface area contributed by atoms with Crippen LogP contribution in [0, 0.1) is 0 Å². The zero-order valence-electron chi connectivity index (χ0n) is 8.14. The van der Waals surface area contributed by atoms with Gasteiger partial charge in [-0.3, -0.25) is 9.59 Å². The summed E-state index contributed by atoms with van der Waals surface area (Å²) in [6.45, 7) is 1.18. The van der Waals surface area contributed by atoms with Gasteiger partial charge in [-0.15, -0.1) is 0 Å². The van der Waals surface area contributed by atoms with Gasteiger partial charge in [-0.05, 0) is 12.1 Å². The van der Waals surface area contributed by atoms with Crippen LogP contribution in [-0.2, 0) is 4.79 Å². The molecular weight excluding hydrogens is 239 g/mol. The lowest BCUT2D eigenvalue weighted by molar-refractivity contribution is -0.113. The summed E-state index contributed by atoms with van der Waals surface area (Å²) in [6.07, 6.45) is 0. The normalized spacial score (nSPS) is 9.87. The maximum absolute atomic E-state index is 11.5. The van der Waals surface area contributed by atoms with E-state index in [1.54, 1.807) is 0 Å². The highest BCUT2D eigenvalue weighted by Crippen LogP contribution is 2.32. The minimum absolute atomic E-state index is 0.0856. The lowest BCUT2D eigenvalue weighted by Crippen LogP contribution is -2.11. The molecule has 1 rings (SSSR count). The molecule has 0 heterocycles. The fourth-order valence-corrected chi connectivity index (χ4v) is 1.70. The number of carbonyl (C=O) groups excluding carboxylic acids is 2. The Labute approximate surface area is 96.9 Å². The Kier molecular flexibility index (Phi) is 3.72. The lowest BCUT2D eigenvalue weighted by atomic mass is 10.1. The fourth-order valence-electron chi connectivity index (χ4n) is 1.13. The number of halogens is 2. The van der Waals surface area contributed by atoms with Gasteiger partial charge in [0.2, 0.25) is 5.78 Å². The minimum Gasteiger partial charge on any atom is -0.494 e. The van der Waals surface area contributed by atoms with Gasteiger partial charge in [0.25, 0.3) is 0 Å². The summed E-state index contributed by atoms with van der Waals surface area (Å²) in [4.78, 5) is 22.4. The molecule has 1 aromatic carbocycles. The SMILES string of the molecule is COc1c(Cl)cc(Cl)cc1C(=O)C(C)=O. The Morgan fingerprint density at radius 1 is 1.27 bits per heavy atom. The van der Waals surface area contributed by atoms with Crippen LogP contribution >= 0.6 is 23.2 Å². The lowest BCUT2D eigenvalue weighted by Gasteiger charge is -2.08. The molecule has 1 aromatic rings. The van der Waals surface area contributed by atoms with Gasteiger partial charge in [0.05, 0.1) is 17.7 Å². The van der Waals surface area contributed by atoms with E-state index in [0.717, 1.165) is 0 Å². The Hall–Kier alpha value is -1.06. The van der Waals surface area contributed by atoms with Crippen molar-refractivity contribution in [2.75, 3.05) is 7.11 Å². The molecule has 5 heteroatoms. The van der Waals surface area contributed by atoms with Crippen LogP contribution in [0.5, 0.6) is 5.75 Å². The van der Waals surface area contributed by atoms with E-state index in [4.69, 9.17) is 27.9 Å². The summed E-state index contributed by atoms with van der Waals surface area (Å²) in [6, 6.07) is 2.80. The van der Waals surface area contributed by atoms with Gasteiger partial charge in [0, 0.05) is 11.9 Å². The first-order valence-electron chi connectivity index (χ1n) is 4.05. The van der Waals surface area contributed by atoms with E-state index in [-0.39, 0.29) is 21.4 Å². The van der Waals surface area contributed by atoms with Gasteiger partial charge in [-0.25, -0.2) is 0 Å². The third kappa shape index (κ3) is 2.49. The predicted molar refractivity (Wildman–Crippen MR) is 58.0 cm³/mol. The van der Waals surface area contributed by atoms with Crippen LogP contribution in [0.25, 0.3) is 0 Å². The first kappa shape index (κ1) is 12.0. The molecule has 0 saturated heterocycles. The second-order valence-electron chi connectivity index (χ2n) is 2.85. The van der Waals surface area contributed by atoms with Crippen LogP contribution in [0.4, 0.5) is 0 Å². The summed E-state index contributed by atoms with van der Waals surface area (Å²) in [5.74, 6) is -1.09. The molecule has 0 radical (unpaired) electrons. The highest BCUT2D eigenvalue weighted by Gasteiger charge is 2.19. The van der Waals surface area contributed by atoms with Crippen molar-refractivity contribution in [2.45, 2.75) is 6.92 Å². The van der Waals surface area contributed by atoms with E-state index in [1.807, 2.05) is 0 Å². The highest BCUT2D eigenvalue weighted by atomic mass is 35.5. The van der Waals surface area contributed by atoms with E-state index in [9.17, 15) is 9.59 Å². The molecule has 0 amide bonds. The number of rotatable bonds is 3. The van der Waals surface area contributed by atoms with Crippen molar-refractivity contribution < 1.29 is 14.3 Å². The topological polar surface area (TPSA) is 43.4 Å². The van der Waals surface area contributed by atoms with Crippen molar-refractivity contribution >= 4 is 34.8 Å². The van der Waals surface area contributed by atoms with Crippen LogP contribution in [0.2, 0.25) is 10.0 Å². The zero-order valence-corrected chi connectivity index (χ0v) is 9.65. The van der Waals surface area contributed by atoms with Crippen LogP contribution in [0.1, 0.15) is 17.3 Å². The monoisotopic (exact) mass is 246 g/mol. The number of Topliss-reactive ketones (excluding diaryl/α,β-unsaturated/α-hetero) is 2. The van der Waals surface area contributed by atoms with Crippen LogP contribution in [0.3, 0.4) is 0 Å². The van der Waals surface area contributed by atoms with Gasteiger partial charge >= 0.3 is 0 Å². The van der Waals surface area contributed by atoms with Crippen molar-refractivity contribution in [1.82, 2.24) is 0 Å². The van der Waals surface area contributed by atoms with Crippen molar-refractivity contribution in [3.05, 3.63) is 27.7 Å². The van der Waals surface area contributed by atoms with Gasteiger partial charge < -0.3 is 4.74 Å². The number of hydrogen-bond acceptors (Lipinski definition) is 3. The maximum atomic E-state index is 11.5. The molecule has 0 spiro atoms. The Balaban J connectivity index is 3.38. The standard InChI is InChI=1S/C10H8Cl2O3/c1-5(13)9(14)7-3-6(11)4-8(12)10(7)15-2/h3-4H,1-2H3. The van der Waals surface area contributed by atoms with Gasteiger partial charge in [-0.1, -0.05) is 23.2 Å². The number of benzene rings is 1. The third-order valence-electron chi connectivity index (χ3n) is 1.78. The van der Waals surface area contributed by atoms with Crippen molar-refractivity contribution in [3.8, 4) is 5.75 Å². The summed E-state index contributed by atoms with van der Waals surface area (Å²) >= 11 is 11.5. The van der Waals surface area contributed by atoms with Crippen molar-refractivity contribution in [2.24, 2.45) is 0 Å². The second-order valence-corrected chi connectivity index (χ2v) is 3.70. The highest BCUT2D eigenvalue weighted by molar-refractivity contribution is 6.45. The van der Waals surface area contributed by atoms with Crippen LogP contribution in [0.15, 0.2) is 12.1 Å². The Morgan fingerprint density at radius 2 is 1.87 bits per heavy atom. The molecule has 0 N–H and O–H groups in total. The maximum Gasteiger partial charge on any atom is 0.232 e. The molecule has 0 saturated carbocycles. The van der Waals surface area contributed by atoms with E-state index in [1.165, 1.54) is 26.2 Å². The number of ketones is 2. The number of ether oxygens (including phenoxy) is 1. The largest absolute Gasteiger partial charge is 0.494 e. The molecule has 0 bridgehead atoms. The minimum atomic E-state index is -0.670. The summed E-state index contributed by atoms with van der Waals surface area (Å²) in [5, 5.41) is 0.486. The van der Waals surface area contributed by atoms with Gasteiger partial charge in [0.15, 0.2) is 5.78 Å². The molecule has 15 heavy (non-hydrogen) atoms. The number of carbonyl (C=O) groups is 2. The molecule has 0 unspecified atom stereocenters. The van der Waals surface area contributed by atoms with E-state index < -0.39 is 11.6 Å². The molecule has 0 aliphatic heterocycles. The molecule has 0 aliphatic rings. The Bertz CT molecular complexity index is 427. The number of hydrogen-bond donors (Lipinski definition) is 0. The second kappa shape index (κ2) is 4.64. The van der Waals surface area contributed by atoms with Crippen molar-refractivity contribution in [1.29, 1.82) is 0 Å². The summed E-state index contributed by atoms with van der Waals surface area (Å²) in [7, 11) is 1.37. The molecule has 0 aliphatic carbocycles. The summed E-state index contributed by atoms with van der Waals surface area (Å²) in [5.41, 5.74) is 0.0856. The quantitative estimate of drug-likeness (QED) is 0.609. The zero-order chi connectivity index (χ0) is 11.6. The van der Waals surface area contributed by atoms with Crippen LogP contribution < -0.4 is 4.74 Å². The fraction of sp³-hybridized carbons (Fsp3) is 0.200. The predicted octanol–water partition coefficient (Wildman–Crippen LogP) is 2.77.